The van der Waals surface area contributed by atoms with Crippen LogP contribution in [0.25, 0.3) is 0 Å². The average Bonchev–Trinajstić information content (AvgIpc) is 1.92. The Morgan fingerprint density at radius 1 is 1.42 bits per heavy atom. The van der Waals surface area contributed by atoms with E-state index >= 15 is 0 Å². The molecule has 0 atom stereocenters. The highest BCUT2D eigenvalue weighted by molar-refractivity contribution is 6.75. The molecule has 0 spiro atoms. The van der Waals surface area contributed by atoms with E-state index in [4.69, 9.17) is 17.3 Å². The number of nitrogens with two attached hydrogens (primary N) is 1. The second-order valence-electron chi connectivity index (χ2n) is 2.22. The molecular formula is C5H4BClF3N2-. The lowest BCUT2D eigenvalue weighted by Crippen LogP contribution is -2.35. The van der Waals surface area contributed by atoms with Gasteiger partial charge in [-0.2, -0.15) is 0 Å². The van der Waals surface area contributed by atoms with Crippen molar-refractivity contribution >= 4 is 29.7 Å². The predicted octanol–water partition coefficient (Wildman–Crippen LogP) is 1.37. The molecule has 0 unspecified atom stereocenters. The smallest absolute Gasteiger partial charge is 0.445 e. The van der Waals surface area contributed by atoms with Gasteiger partial charge in [0.05, 0.1) is 6.20 Å². The summed E-state index contributed by atoms with van der Waals surface area (Å²) in [5.41, 5.74) is 4.12. The van der Waals surface area contributed by atoms with E-state index in [-0.39, 0.29) is 5.69 Å². The Morgan fingerprint density at radius 3 is 2.42 bits per heavy atom. The van der Waals surface area contributed by atoms with Gasteiger partial charge in [-0.3, -0.25) is 0 Å². The minimum Gasteiger partial charge on any atom is -0.445 e. The van der Waals surface area contributed by atoms with Crippen molar-refractivity contribution in [3.8, 4) is 0 Å². The second-order valence-corrected chi connectivity index (χ2v) is 2.58. The van der Waals surface area contributed by atoms with Crippen LogP contribution in [0.4, 0.5) is 18.6 Å². The summed E-state index contributed by atoms with van der Waals surface area (Å²) in [6.45, 7) is -5.12. The number of pyridine rings is 1. The zero-order valence-corrected chi connectivity index (χ0v) is 6.52. The van der Waals surface area contributed by atoms with Crippen LogP contribution in [0.2, 0.25) is 5.15 Å². The van der Waals surface area contributed by atoms with Crippen molar-refractivity contribution in [2.75, 3.05) is 5.73 Å². The molecule has 0 radical (unpaired) electrons. The van der Waals surface area contributed by atoms with Crippen LogP contribution in [-0.4, -0.2) is 12.0 Å². The molecule has 0 amide bonds. The molecule has 12 heavy (non-hydrogen) atoms. The summed E-state index contributed by atoms with van der Waals surface area (Å²) >= 11 is 5.21. The molecule has 0 saturated heterocycles. The van der Waals surface area contributed by atoms with Crippen molar-refractivity contribution in [3.05, 3.63) is 17.4 Å². The minimum atomic E-state index is -5.12. The van der Waals surface area contributed by atoms with E-state index in [9.17, 15) is 12.9 Å². The fraction of sp³-hybridized carbons (Fsp3) is 0. The van der Waals surface area contributed by atoms with Crippen LogP contribution in [-0.2, 0) is 0 Å². The zero-order valence-electron chi connectivity index (χ0n) is 5.77. The van der Waals surface area contributed by atoms with Gasteiger partial charge in [-0.15, -0.1) is 0 Å². The third kappa shape index (κ3) is 1.82. The van der Waals surface area contributed by atoms with Gasteiger partial charge in [0, 0.05) is 5.69 Å². The molecule has 0 fully saturated rings. The van der Waals surface area contributed by atoms with Crippen molar-refractivity contribution in [2.24, 2.45) is 0 Å². The van der Waals surface area contributed by atoms with Crippen LogP contribution in [0.5, 0.6) is 0 Å². The Balaban J connectivity index is 3.23. The standard InChI is InChI=1S/C5H4BClF3N2/c7-5-4(6(8,9)10)1-3(11)2-12-5/h1-2H,11H2/q-1. The van der Waals surface area contributed by atoms with Crippen LogP contribution in [0.15, 0.2) is 12.3 Å². The lowest BCUT2D eigenvalue weighted by molar-refractivity contribution is 0.501. The van der Waals surface area contributed by atoms with Crippen LogP contribution in [0.3, 0.4) is 0 Å². The second kappa shape index (κ2) is 2.86. The number of rotatable bonds is 1. The molecule has 2 N–H and O–H groups in total. The quantitative estimate of drug-likeness (QED) is 0.543. The SMILES string of the molecule is Nc1cnc(Cl)c([B-](F)(F)F)c1. The summed E-state index contributed by atoms with van der Waals surface area (Å²) in [7, 11) is 0. The summed E-state index contributed by atoms with van der Waals surface area (Å²) in [5.74, 6) is 0. The van der Waals surface area contributed by atoms with Crippen molar-refractivity contribution in [3.63, 3.8) is 0 Å². The van der Waals surface area contributed by atoms with Gasteiger partial charge < -0.3 is 18.7 Å². The average molecular weight is 195 g/mol. The topological polar surface area (TPSA) is 38.9 Å². The first-order valence-corrected chi connectivity index (χ1v) is 3.40. The molecule has 1 rings (SSSR count). The van der Waals surface area contributed by atoms with E-state index in [1.165, 1.54) is 0 Å². The maximum Gasteiger partial charge on any atom is 0.512 e. The van der Waals surface area contributed by atoms with Gasteiger partial charge in [-0.1, -0.05) is 23.1 Å². The Morgan fingerprint density at radius 2 is 2.00 bits per heavy atom. The fourth-order valence-corrected chi connectivity index (χ4v) is 0.939. The Hall–Kier alpha value is -0.905. The van der Waals surface area contributed by atoms with Gasteiger partial charge in [0.2, 0.25) is 0 Å². The Bertz CT molecular complexity index is 301. The number of anilines is 1. The van der Waals surface area contributed by atoms with Gasteiger partial charge in [-0.25, -0.2) is 4.98 Å². The summed E-state index contributed by atoms with van der Waals surface area (Å²) in [6, 6.07) is 0.773. The molecular weight excluding hydrogens is 191 g/mol. The molecule has 66 valence electrons. The van der Waals surface area contributed by atoms with Gasteiger partial charge in [-0.05, 0) is 0 Å². The van der Waals surface area contributed by atoms with Gasteiger partial charge in [0.15, 0.2) is 0 Å². The van der Waals surface area contributed by atoms with Crippen molar-refractivity contribution in [1.29, 1.82) is 0 Å². The molecule has 1 heterocycles. The summed E-state index contributed by atoms with van der Waals surface area (Å²) < 4.78 is 36.3. The lowest BCUT2D eigenvalue weighted by Gasteiger charge is -2.15. The monoisotopic (exact) mass is 195 g/mol. The number of aromatic nitrogens is 1. The van der Waals surface area contributed by atoms with E-state index < -0.39 is 17.6 Å². The van der Waals surface area contributed by atoms with Gasteiger partial charge in [0.1, 0.15) is 5.15 Å². The minimum absolute atomic E-state index is 0.0476. The van der Waals surface area contributed by atoms with Crippen LogP contribution in [0.1, 0.15) is 0 Å². The molecule has 1 aromatic heterocycles. The molecule has 0 aromatic carbocycles. The maximum absolute atomic E-state index is 12.1. The molecule has 0 aliphatic rings. The first kappa shape index (κ1) is 9.19. The highest BCUT2D eigenvalue weighted by atomic mass is 35.5. The molecule has 0 aliphatic carbocycles. The number of halogens is 4. The first-order chi connectivity index (χ1) is 5.41. The predicted molar refractivity (Wildman–Crippen MR) is 42.4 cm³/mol. The van der Waals surface area contributed by atoms with Crippen LogP contribution < -0.4 is 11.2 Å². The van der Waals surface area contributed by atoms with Crippen LogP contribution >= 0.6 is 11.6 Å². The fourth-order valence-electron chi connectivity index (χ4n) is 0.712. The van der Waals surface area contributed by atoms with Gasteiger partial charge in [0.25, 0.3) is 0 Å². The third-order valence-electron chi connectivity index (χ3n) is 1.24. The van der Waals surface area contributed by atoms with Crippen molar-refractivity contribution < 1.29 is 12.9 Å². The Kier molecular flexibility index (Phi) is 2.19. The van der Waals surface area contributed by atoms with E-state index in [2.05, 4.69) is 4.98 Å². The Labute approximate surface area is 71.6 Å². The highest BCUT2D eigenvalue weighted by Crippen LogP contribution is 2.15. The lowest BCUT2D eigenvalue weighted by atomic mass is 9.81. The number of nitrogens with zero attached hydrogens (tertiary/aromatic N) is 1. The molecule has 2 nitrogen and oxygen atoms in total. The van der Waals surface area contributed by atoms with Gasteiger partial charge >= 0.3 is 6.98 Å². The van der Waals surface area contributed by atoms with E-state index in [1.54, 1.807) is 0 Å². The molecule has 0 aliphatic heterocycles. The third-order valence-corrected chi connectivity index (χ3v) is 1.56. The number of hydrogen-bond donors (Lipinski definition) is 1. The normalized spacial score (nSPS) is 11.7. The summed E-state index contributed by atoms with van der Waals surface area (Å²) in [6.07, 6.45) is 1.08. The largest absolute Gasteiger partial charge is 0.512 e. The summed E-state index contributed by atoms with van der Waals surface area (Å²) in [4.78, 5) is 3.28. The van der Waals surface area contributed by atoms with E-state index in [0.29, 0.717) is 0 Å². The first-order valence-electron chi connectivity index (χ1n) is 3.02. The van der Waals surface area contributed by atoms with Crippen LogP contribution in [0, 0.1) is 0 Å². The highest BCUT2D eigenvalue weighted by Gasteiger charge is 2.28. The number of nitrogen functional groups attached to an aromatic ring is 1. The molecule has 0 saturated carbocycles. The molecule has 0 bridgehead atoms. The van der Waals surface area contributed by atoms with E-state index in [1.807, 2.05) is 0 Å². The van der Waals surface area contributed by atoms with Crippen molar-refractivity contribution in [1.82, 2.24) is 4.98 Å². The summed E-state index contributed by atoms with van der Waals surface area (Å²) in [5, 5.41) is -0.559. The zero-order chi connectivity index (χ0) is 9.35. The maximum atomic E-state index is 12.1. The van der Waals surface area contributed by atoms with E-state index in [0.717, 1.165) is 12.3 Å². The van der Waals surface area contributed by atoms with Crippen molar-refractivity contribution in [2.45, 2.75) is 0 Å². The molecule has 7 heteroatoms. The molecule has 1 aromatic rings. The number of hydrogen-bond acceptors (Lipinski definition) is 2.